The fraction of sp³-hybridized carbons (Fsp3) is 0.0909. The Kier molecular flexibility index (Phi) is 2.32. The van der Waals surface area contributed by atoms with Gasteiger partial charge in [0.2, 0.25) is 0 Å². The number of allylic oxidation sites excluding steroid dienone is 3. The second kappa shape index (κ2) is 3.81. The van der Waals surface area contributed by atoms with Crippen molar-refractivity contribution in [2.45, 2.75) is 6.42 Å². The molecule has 0 aromatic heterocycles. The van der Waals surface area contributed by atoms with Crippen LogP contribution in [-0.2, 0) is 11.3 Å². The van der Waals surface area contributed by atoms with E-state index in [4.69, 9.17) is 4.84 Å². The average molecular weight is 173 g/mol. The van der Waals surface area contributed by atoms with Crippen LogP contribution in [0.25, 0.3) is 0 Å². The zero-order valence-corrected chi connectivity index (χ0v) is 7.23. The summed E-state index contributed by atoms with van der Waals surface area (Å²) in [5, 5.41) is 0. The topological polar surface area (TPSA) is 21.3 Å². The van der Waals surface area contributed by atoms with Crippen LogP contribution in [0.15, 0.2) is 54.4 Å². The molecule has 1 aliphatic rings. The van der Waals surface area contributed by atoms with Crippen molar-refractivity contribution in [2.24, 2.45) is 0 Å². The van der Waals surface area contributed by atoms with Crippen molar-refractivity contribution >= 4 is 0 Å². The Morgan fingerprint density at radius 1 is 1.15 bits per heavy atom. The molecule has 0 atom stereocenters. The molecule has 1 aromatic rings. The number of hydrogen-bond acceptors (Lipinski definition) is 2. The first-order valence-electron chi connectivity index (χ1n) is 4.26. The second-order valence-electron chi connectivity index (χ2n) is 2.90. The Hall–Kier alpha value is -1.70. The molecule has 2 heteroatoms. The molecule has 1 aliphatic heterocycles. The van der Waals surface area contributed by atoms with Crippen LogP contribution < -0.4 is 5.48 Å². The first-order valence-corrected chi connectivity index (χ1v) is 4.26. The maximum absolute atomic E-state index is 4.96. The molecule has 1 heterocycles. The predicted octanol–water partition coefficient (Wildman–Crippen LogP) is 2.16. The first kappa shape index (κ1) is 7.92. The van der Waals surface area contributed by atoms with Crippen molar-refractivity contribution in [3.8, 4) is 0 Å². The fourth-order valence-corrected chi connectivity index (χ4v) is 1.25. The Labute approximate surface area is 77.5 Å². The third-order valence-corrected chi connectivity index (χ3v) is 1.87. The Bertz CT molecular complexity index is 327. The number of hydrogen-bond donors (Lipinski definition) is 1. The van der Waals surface area contributed by atoms with E-state index in [1.165, 1.54) is 5.56 Å². The van der Waals surface area contributed by atoms with Gasteiger partial charge in [0.25, 0.3) is 0 Å². The van der Waals surface area contributed by atoms with Crippen LogP contribution in [0, 0.1) is 0 Å². The third-order valence-electron chi connectivity index (χ3n) is 1.87. The summed E-state index contributed by atoms with van der Waals surface area (Å²) in [7, 11) is 0. The quantitative estimate of drug-likeness (QED) is 0.740. The van der Waals surface area contributed by atoms with Gasteiger partial charge >= 0.3 is 0 Å². The van der Waals surface area contributed by atoms with Crippen LogP contribution in [0.3, 0.4) is 0 Å². The van der Waals surface area contributed by atoms with Crippen LogP contribution in [0.1, 0.15) is 5.56 Å². The molecule has 0 radical (unpaired) electrons. The highest BCUT2D eigenvalue weighted by molar-refractivity contribution is 5.23. The summed E-state index contributed by atoms with van der Waals surface area (Å²) >= 11 is 0. The van der Waals surface area contributed by atoms with Gasteiger partial charge in [-0.25, -0.2) is 5.48 Å². The minimum Gasteiger partial charge on any atom is -0.390 e. The fourth-order valence-electron chi connectivity index (χ4n) is 1.25. The summed E-state index contributed by atoms with van der Waals surface area (Å²) in [6.45, 7) is 0. The number of benzene rings is 1. The molecule has 0 bridgehead atoms. The first-order chi connectivity index (χ1) is 6.45. The third kappa shape index (κ3) is 2.12. The molecule has 0 amide bonds. The van der Waals surface area contributed by atoms with E-state index in [-0.39, 0.29) is 0 Å². The minimum atomic E-state index is 0.880. The van der Waals surface area contributed by atoms with Crippen LogP contribution in [-0.4, -0.2) is 0 Å². The van der Waals surface area contributed by atoms with E-state index in [0.29, 0.717) is 0 Å². The lowest BCUT2D eigenvalue weighted by atomic mass is 10.1. The molecule has 0 aliphatic carbocycles. The Morgan fingerprint density at radius 3 is 2.69 bits per heavy atom. The van der Waals surface area contributed by atoms with Gasteiger partial charge in [-0.05, 0) is 17.7 Å². The molecular formula is C11H11NO. The minimum absolute atomic E-state index is 0.880. The molecule has 1 N–H and O–H groups in total. The van der Waals surface area contributed by atoms with E-state index in [0.717, 1.165) is 12.1 Å². The van der Waals surface area contributed by atoms with E-state index in [1.54, 1.807) is 6.26 Å². The number of hydroxylamine groups is 1. The molecule has 0 saturated carbocycles. The monoisotopic (exact) mass is 173 g/mol. The summed E-state index contributed by atoms with van der Waals surface area (Å²) in [5.74, 6) is 0. The maximum atomic E-state index is 4.96. The van der Waals surface area contributed by atoms with Gasteiger partial charge in [-0.3, -0.25) is 0 Å². The number of rotatable bonds is 2. The van der Waals surface area contributed by atoms with Gasteiger partial charge in [0.05, 0.1) is 5.70 Å². The van der Waals surface area contributed by atoms with Crippen molar-refractivity contribution in [1.29, 1.82) is 0 Å². The lowest BCUT2D eigenvalue weighted by molar-refractivity contribution is 0.157. The SMILES string of the molecule is C1=CONC(Cc2ccccc2)=C1. The maximum Gasteiger partial charge on any atom is 0.119 e. The van der Waals surface area contributed by atoms with Gasteiger partial charge in [0, 0.05) is 6.42 Å². The summed E-state index contributed by atoms with van der Waals surface area (Å²) in [6.07, 6.45) is 6.39. The van der Waals surface area contributed by atoms with Gasteiger partial charge in [-0.1, -0.05) is 30.3 Å². The molecule has 66 valence electrons. The van der Waals surface area contributed by atoms with Gasteiger partial charge in [-0.15, -0.1) is 0 Å². The van der Waals surface area contributed by atoms with Crippen molar-refractivity contribution in [3.05, 3.63) is 60.0 Å². The molecule has 13 heavy (non-hydrogen) atoms. The average Bonchev–Trinajstić information content (AvgIpc) is 2.21. The zero-order valence-electron chi connectivity index (χ0n) is 7.23. The van der Waals surface area contributed by atoms with E-state index in [2.05, 4.69) is 17.6 Å². The molecule has 0 saturated heterocycles. The van der Waals surface area contributed by atoms with Gasteiger partial charge < -0.3 is 4.84 Å². The van der Waals surface area contributed by atoms with Crippen molar-refractivity contribution in [1.82, 2.24) is 5.48 Å². The number of nitrogens with one attached hydrogen (secondary N) is 1. The van der Waals surface area contributed by atoms with E-state index < -0.39 is 0 Å². The molecular weight excluding hydrogens is 162 g/mol. The lowest BCUT2D eigenvalue weighted by Crippen LogP contribution is -2.14. The summed E-state index contributed by atoms with van der Waals surface area (Å²) < 4.78 is 0. The predicted molar refractivity (Wildman–Crippen MR) is 51.6 cm³/mol. The molecule has 2 rings (SSSR count). The van der Waals surface area contributed by atoms with Crippen molar-refractivity contribution in [2.75, 3.05) is 0 Å². The van der Waals surface area contributed by atoms with E-state index in [9.17, 15) is 0 Å². The summed E-state index contributed by atoms with van der Waals surface area (Å²) in [4.78, 5) is 4.96. The van der Waals surface area contributed by atoms with Gasteiger partial charge in [0.15, 0.2) is 0 Å². The van der Waals surface area contributed by atoms with E-state index >= 15 is 0 Å². The normalized spacial score (nSPS) is 14.3. The van der Waals surface area contributed by atoms with Crippen LogP contribution in [0.5, 0.6) is 0 Å². The summed E-state index contributed by atoms with van der Waals surface area (Å²) in [5.41, 5.74) is 5.20. The highest BCUT2D eigenvalue weighted by atomic mass is 16.6. The van der Waals surface area contributed by atoms with Crippen LogP contribution in [0.4, 0.5) is 0 Å². The van der Waals surface area contributed by atoms with Crippen LogP contribution in [0.2, 0.25) is 0 Å². The molecule has 2 nitrogen and oxygen atoms in total. The highest BCUT2D eigenvalue weighted by Gasteiger charge is 1.99. The lowest BCUT2D eigenvalue weighted by Gasteiger charge is -2.11. The van der Waals surface area contributed by atoms with Gasteiger partial charge in [0.1, 0.15) is 6.26 Å². The smallest absolute Gasteiger partial charge is 0.119 e. The highest BCUT2D eigenvalue weighted by Crippen LogP contribution is 2.07. The second-order valence-corrected chi connectivity index (χ2v) is 2.90. The van der Waals surface area contributed by atoms with E-state index in [1.807, 2.05) is 30.4 Å². The molecule has 1 aromatic carbocycles. The molecule has 0 spiro atoms. The van der Waals surface area contributed by atoms with Crippen LogP contribution >= 0.6 is 0 Å². The zero-order chi connectivity index (χ0) is 8.93. The largest absolute Gasteiger partial charge is 0.390 e. The Balaban J connectivity index is 2.06. The molecule has 0 fully saturated rings. The molecule has 0 unspecified atom stereocenters. The van der Waals surface area contributed by atoms with Crippen molar-refractivity contribution < 1.29 is 4.84 Å². The Morgan fingerprint density at radius 2 is 2.00 bits per heavy atom. The standard InChI is InChI=1S/C11H11NO/c1-2-5-10(6-3-1)9-11-7-4-8-13-12-11/h1-8,12H,9H2. The van der Waals surface area contributed by atoms with Crippen molar-refractivity contribution in [3.63, 3.8) is 0 Å². The van der Waals surface area contributed by atoms with Gasteiger partial charge in [-0.2, -0.15) is 0 Å². The summed E-state index contributed by atoms with van der Waals surface area (Å²) in [6, 6.07) is 10.3.